The van der Waals surface area contributed by atoms with Crippen molar-refractivity contribution in [1.29, 1.82) is 0 Å². The van der Waals surface area contributed by atoms with Crippen molar-refractivity contribution in [3.8, 4) is 0 Å². The van der Waals surface area contributed by atoms with E-state index < -0.39 is 0 Å². The number of hydrogen-bond acceptors (Lipinski definition) is 2. The Morgan fingerprint density at radius 2 is 1.95 bits per heavy atom. The van der Waals surface area contributed by atoms with Crippen LogP contribution in [0.15, 0.2) is 30.3 Å². The molecule has 0 saturated heterocycles. The second-order valence-corrected chi connectivity index (χ2v) is 5.83. The lowest BCUT2D eigenvalue weighted by Gasteiger charge is -2.42. The highest BCUT2D eigenvalue weighted by atomic mass is 15.2. The molecule has 2 rings (SSSR count). The van der Waals surface area contributed by atoms with Gasteiger partial charge in [-0.25, -0.2) is 0 Å². The molecule has 2 unspecified atom stereocenters. The van der Waals surface area contributed by atoms with Crippen molar-refractivity contribution < 1.29 is 0 Å². The highest BCUT2D eigenvalue weighted by molar-refractivity contribution is 5.20. The molecule has 2 heteroatoms. The average Bonchev–Trinajstić information content (AvgIpc) is 2.38. The minimum Gasteiger partial charge on any atom is -0.309 e. The van der Waals surface area contributed by atoms with Crippen molar-refractivity contribution in [2.24, 2.45) is 0 Å². The molecular formula is C17H28N2. The third kappa shape index (κ3) is 3.58. The third-order valence-electron chi connectivity index (χ3n) is 4.55. The number of nitrogens with one attached hydrogen (secondary N) is 1. The predicted molar refractivity (Wildman–Crippen MR) is 82.3 cm³/mol. The molecule has 0 aliphatic heterocycles. The predicted octanol–water partition coefficient (Wildman–Crippen LogP) is 3.60. The minimum absolute atomic E-state index is 0.437. The van der Waals surface area contributed by atoms with Gasteiger partial charge in [0.05, 0.1) is 0 Å². The third-order valence-corrected chi connectivity index (χ3v) is 4.55. The van der Waals surface area contributed by atoms with Crippen LogP contribution in [-0.2, 0) is 0 Å². The van der Waals surface area contributed by atoms with E-state index in [0.717, 1.165) is 12.6 Å². The van der Waals surface area contributed by atoms with Gasteiger partial charge in [0.2, 0.25) is 0 Å². The standard InChI is InChI=1S/C17H28N2/c1-4-13-18-17(15-9-6-5-7-10-15)14(2)19(3)16-11-8-12-16/h5-7,9-10,14,16-18H,4,8,11-13H2,1-3H3. The molecule has 1 aliphatic carbocycles. The van der Waals surface area contributed by atoms with E-state index in [1.165, 1.54) is 31.2 Å². The van der Waals surface area contributed by atoms with Gasteiger partial charge in [-0.2, -0.15) is 0 Å². The fourth-order valence-electron chi connectivity index (χ4n) is 2.89. The Balaban J connectivity index is 2.07. The summed E-state index contributed by atoms with van der Waals surface area (Å²) in [4.78, 5) is 2.57. The first kappa shape index (κ1) is 14.5. The lowest BCUT2D eigenvalue weighted by Crippen LogP contribution is -2.48. The number of hydrogen-bond donors (Lipinski definition) is 1. The molecule has 0 aromatic heterocycles. The highest BCUT2D eigenvalue weighted by Crippen LogP contribution is 2.29. The van der Waals surface area contributed by atoms with E-state index in [1.54, 1.807) is 0 Å². The Bertz CT molecular complexity index is 359. The van der Waals surface area contributed by atoms with Crippen molar-refractivity contribution in [1.82, 2.24) is 10.2 Å². The van der Waals surface area contributed by atoms with Crippen molar-refractivity contribution in [3.05, 3.63) is 35.9 Å². The smallest absolute Gasteiger partial charge is 0.0475 e. The quantitative estimate of drug-likeness (QED) is 0.806. The van der Waals surface area contributed by atoms with Gasteiger partial charge in [0.1, 0.15) is 0 Å². The van der Waals surface area contributed by atoms with Crippen LogP contribution in [-0.4, -0.2) is 30.6 Å². The van der Waals surface area contributed by atoms with E-state index in [-0.39, 0.29) is 0 Å². The summed E-state index contributed by atoms with van der Waals surface area (Å²) in [6.45, 7) is 5.68. The molecular weight excluding hydrogens is 232 g/mol. The van der Waals surface area contributed by atoms with E-state index in [2.05, 4.69) is 61.4 Å². The molecule has 1 fully saturated rings. The summed E-state index contributed by atoms with van der Waals surface area (Å²) >= 11 is 0. The van der Waals surface area contributed by atoms with Crippen molar-refractivity contribution in [3.63, 3.8) is 0 Å². The van der Waals surface area contributed by atoms with Crippen LogP contribution in [0.3, 0.4) is 0 Å². The molecule has 0 spiro atoms. The van der Waals surface area contributed by atoms with Gasteiger partial charge in [0.15, 0.2) is 0 Å². The van der Waals surface area contributed by atoms with Gasteiger partial charge in [-0.1, -0.05) is 43.7 Å². The maximum Gasteiger partial charge on any atom is 0.0475 e. The molecule has 0 amide bonds. The van der Waals surface area contributed by atoms with Crippen LogP contribution >= 0.6 is 0 Å². The lowest BCUT2D eigenvalue weighted by atomic mass is 9.89. The summed E-state index contributed by atoms with van der Waals surface area (Å²) in [6, 6.07) is 12.7. The molecule has 0 bridgehead atoms. The summed E-state index contributed by atoms with van der Waals surface area (Å²) in [7, 11) is 2.29. The highest BCUT2D eigenvalue weighted by Gasteiger charge is 2.30. The first-order chi connectivity index (χ1) is 9.24. The lowest BCUT2D eigenvalue weighted by molar-refractivity contribution is 0.0959. The van der Waals surface area contributed by atoms with E-state index >= 15 is 0 Å². The van der Waals surface area contributed by atoms with Crippen LogP contribution in [0.4, 0.5) is 0 Å². The summed E-state index contributed by atoms with van der Waals surface area (Å²) in [6.07, 6.45) is 5.33. The van der Waals surface area contributed by atoms with Crippen LogP contribution in [0.25, 0.3) is 0 Å². The normalized spacial score (nSPS) is 19.2. The molecule has 1 N–H and O–H groups in total. The van der Waals surface area contributed by atoms with Crippen molar-refractivity contribution >= 4 is 0 Å². The largest absolute Gasteiger partial charge is 0.309 e. The van der Waals surface area contributed by atoms with Gasteiger partial charge < -0.3 is 5.32 Å². The van der Waals surface area contributed by atoms with Crippen molar-refractivity contribution in [2.75, 3.05) is 13.6 Å². The Morgan fingerprint density at radius 3 is 2.47 bits per heavy atom. The molecule has 1 aliphatic rings. The van der Waals surface area contributed by atoms with E-state index in [0.29, 0.717) is 12.1 Å². The Labute approximate surface area is 118 Å². The molecule has 1 saturated carbocycles. The number of likely N-dealkylation sites (N-methyl/N-ethyl adjacent to an activating group) is 1. The summed E-state index contributed by atoms with van der Waals surface area (Å²) < 4.78 is 0. The second kappa shape index (κ2) is 7.06. The van der Waals surface area contributed by atoms with Gasteiger partial charge in [0.25, 0.3) is 0 Å². The van der Waals surface area contributed by atoms with Gasteiger partial charge in [-0.3, -0.25) is 4.90 Å². The second-order valence-electron chi connectivity index (χ2n) is 5.83. The van der Waals surface area contributed by atoms with Crippen LogP contribution in [0.1, 0.15) is 51.1 Å². The first-order valence-corrected chi connectivity index (χ1v) is 7.74. The van der Waals surface area contributed by atoms with E-state index in [9.17, 15) is 0 Å². The summed E-state index contributed by atoms with van der Waals surface area (Å²) in [5.41, 5.74) is 1.41. The van der Waals surface area contributed by atoms with Crippen molar-refractivity contribution in [2.45, 2.75) is 57.7 Å². The zero-order valence-corrected chi connectivity index (χ0v) is 12.6. The van der Waals surface area contributed by atoms with Gasteiger partial charge in [-0.15, -0.1) is 0 Å². The zero-order valence-electron chi connectivity index (χ0n) is 12.6. The fraction of sp³-hybridized carbons (Fsp3) is 0.647. The zero-order chi connectivity index (χ0) is 13.7. The number of nitrogens with zero attached hydrogens (tertiary/aromatic N) is 1. The molecule has 19 heavy (non-hydrogen) atoms. The number of benzene rings is 1. The minimum atomic E-state index is 0.437. The molecule has 1 aromatic rings. The molecule has 0 heterocycles. The maximum atomic E-state index is 3.73. The monoisotopic (exact) mass is 260 g/mol. The molecule has 0 radical (unpaired) electrons. The van der Waals surface area contributed by atoms with Crippen LogP contribution < -0.4 is 5.32 Å². The topological polar surface area (TPSA) is 15.3 Å². The van der Waals surface area contributed by atoms with Gasteiger partial charge in [-0.05, 0) is 45.3 Å². The van der Waals surface area contributed by atoms with Crippen LogP contribution in [0, 0.1) is 0 Å². The van der Waals surface area contributed by atoms with E-state index in [1.807, 2.05) is 0 Å². The molecule has 2 nitrogen and oxygen atoms in total. The molecule has 106 valence electrons. The number of rotatable bonds is 7. The maximum absolute atomic E-state index is 3.73. The Hall–Kier alpha value is -0.860. The summed E-state index contributed by atoms with van der Waals surface area (Å²) in [5, 5.41) is 3.73. The molecule has 2 atom stereocenters. The van der Waals surface area contributed by atoms with Gasteiger partial charge >= 0.3 is 0 Å². The average molecular weight is 260 g/mol. The Kier molecular flexibility index (Phi) is 5.41. The van der Waals surface area contributed by atoms with Crippen LogP contribution in [0.2, 0.25) is 0 Å². The SMILES string of the molecule is CCCNC(c1ccccc1)C(C)N(C)C1CCC1. The van der Waals surface area contributed by atoms with E-state index in [4.69, 9.17) is 0 Å². The fourth-order valence-corrected chi connectivity index (χ4v) is 2.89. The van der Waals surface area contributed by atoms with Crippen LogP contribution in [0.5, 0.6) is 0 Å². The first-order valence-electron chi connectivity index (χ1n) is 7.74. The molecule has 1 aromatic carbocycles. The Morgan fingerprint density at radius 1 is 1.26 bits per heavy atom. The van der Waals surface area contributed by atoms with Gasteiger partial charge in [0, 0.05) is 18.1 Å². The summed E-state index contributed by atoms with van der Waals surface area (Å²) in [5.74, 6) is 0.